The zero-order valence-electron chi connectivity index (χ0n) is 12.7. The fourth-order valence-corrected chi connectivity index (χ4v) is 2.62. The Bertz CT molecular complexity index is 686. The fourth-order valence-electron chi connectivity index (χ4n) is 2.40. The molecule has 2 N–H and O–H groups in total. The normalized spacial score (nSPS) is 16.1. The van der Waals surface area contributed by atoms with Crippen molar-refractivity contribution in [3.63, 3.8) is 0 Å². The van der Waals surface area contributed by atoms with Gasteiger partial charge in [0, 0.05) is 37.1 Å². The number of carbonyl (C=O) groups excluding carboxylic acids is 1. The number of hydrogen-bond acceptors (Lipinski definition) is 4. The van der Waals surface area contributed by atoms with Gasteiger partial charge in [0.05, 0.1) is 5.02 Å². The SMILES string of the molecule is Cl.Cl.N[C@@H]1CCN(C(=O)c2ccc(Oc3ccncc3)c(Cl)c2)C1. The average Bonchev–Trinajstić information content (AvgIpc) is 2.96. The molecule has 0 bridgehead atoms. The molecule has 130 valence electrons. The van der Waals surface area contributed by atoms with E-state index in [2.05, 4.69) is 4.98 Å². The second-order valence-electron chi connectivity index (χ2n) is 5.23. The highest BCUT2D eigenvalue weighted by molar-refractivity contribution is 6.32. The van der Waals surface area contributed by atoms with Crippen LogP contribution in [0.15, 0.2) is 42.7 Å². The molecule has 0 spiro atoms. The number of benzene rings is 1. The van der Waals surface area contributed by atoms with Crippen molar-refractivity contribution in [1.29, 1.82) is 0 Å². The number of nitrogens with two attached hydrogens (primary N) is 1. The van der Waals surface area contributed by atoms with Gasteiger partial charge in [0.25, 0.3) is 5.91 Å². The van der Waals surface area contributed by atoms with Gasteiger partial charge in [0.15, 0.2) is 0 Å². The molecule has 0 aliphatic carbocycles. The molecule has 0 radical (unpaired) electrons. The van der Waals surface area contributed by atoms with E-state index in [1.54, 1.807) is 47.6 Å². The van der Waals surface area contributed by atoms with Gasteiger partial charge in [0.2, 0.25) is 0 Å². The lowest BCUT2D eigenvalue weighted by molar-refractivity contribution is 0.0791. The molecular weight excluding hydrogens is 373 g/mol. The van der Waals surface area contributed by atoms with Gasteiger partial charge in [-0.3, -0.25) is 9.78 Å². The molecule has 5 nitrogen and oxygen atoms in total. The van der Waals surface area contributed by atoms with Gasteiger partial charge in [-0.15, -0.1) is 24.8 Å². The predicted molar refractivity (Wildman–Crippen MR) is 98.8 cm³/mol. The number of carbonyl (C=O) groups is 1. The van der Waals surface area contributed by atoms with Crippen LogP contribution in [0.5, 0.6) is 11.5 Å². The predicted octanol–water partition coefficient (Wildman–Crippen LogP) is 3.54. The Hall–Kier alpha value is -1.53. The number of rotatable bonds is 3. The number of nitrogens with zero attached hydrogens (tertiary/aromatic N) is 2. The summed E-state index contributed by atoms with van der Waals surface area (Å²) in [5.74, 6) is 1.09. The molecular formula is C16H18Cl3N3O2. The fraction of sp³-hybridized carbons (Fsp3) is 0.250. The Morgan fingerprint density at radius 1 is 1.25 bits per heavy atom. The van der Waals surface area contributed by atoms with Crippen LogP contribution >= 0.6 is 36.4 Å². The number of likely N-dealkylation sites (tertiary alicyclic amines) is 1. The van der Waals surface area contributed by atoms with Crippen LogP contribution in [0.2, 0.25) is 5.02 Å². The van der Waals surface area contributed by atoms with Crippen molar-refractivity contribution in [3.8, 4) is 11.5 Å². The summed E-state index contributed by atoms with van der Waals surface area (Å²) < 4.78 is 5.67. The molecule has 2 aromatic rings. The standard InChI is InChI=1S/C16H16ClN3O2.2ClH/c17-14-9-11(16(21)20-8-5-12(18)10-20)1-2-15(14)22-13-3-6-19-7-4-13;;/h1-4,6-7,9,12H,5,8,10,18H2;2*1H/t12-;;/m1../s1. The average molecular weight is 391 g/mol. The Labute approximate surface area is 158 Å². The summed E-state index contributed by atoms with van der Waals surface area (Å²) in [7, 11) is 0. The van der Waals surface area contributed by atoms with E-state index in [4.69, 9.17) is 22.1 Å². The van der Waals surface area contributed by atoms with Crippen LogP contribution in [0.25, 0.3) is 0 Å². The van der Waals surface area contributed by atoms with Crippen LogP contribution in [-0.2, 0) is 0 Å². The van der Waals surface area contributed by atoms with Gasteiger partial charge in [-0.25, -0.2) is 0 Å². The second-order valence-corrected chi connectivity index (χ2v) is 5.64. The molecule has 24 heavy (non-hydrogen) atoms. The van der Waals surface area contributed by atoms with E-state index in [9.17, 15) is 4.79 Å². The lowest BCUT2D eigenvalue weighted by Gasteiger charge is -2.16. The van der Waals surface area contributed by atoms with Crippen molar-refractivity contribution in [2.75, 3.05) is 13.1 Å². The Morgan fingerprint density at radius 2 is 1.96 bits per heavy atom. The zero-order valence-corrected chi connectivity index (χ0v) is 15.1. The van der Waals surface area contributed by atoms with E-state index in [-0.39, 0.29) is 36.8 Å². The van der Waals surface area contributed by atoms with Crippen molar-refractivity contribution in [2.24, 2.45) is 5.73 Å². The van der Waals surface area contributed by atoms with Gasteiger partial charge in [-0.05, 0) is 36.8 Å². The van der Waals surface area contributed by atoms with Gasteiger partial charge >= 0.3 is 0 Å². The maximum Gasteiger partial charge on any atom is 0.253 e. The quantitative estimate of drug-likeness (QED) is 0.870. The third kappa shape index (κ3) is 4.74. The molecule has 1 fully saturated rings. The zero-order chi connectivity index (χ0) is 15.5. The van der Waals surface area contributed by atoms with E-state index in [1.807, 2.05) is 0 Å². The van der Waals surface area contributed by atoms with Gasteiger partial charge in [0.1, 0.15) is 11.5 Å². The van der Waals surface area contributed by atoms with Crippen molar-refractivity contribution < 1.29 is 9.53 Å². The number of ether oxygens (including phenoxy) is 1. The number of pyridine rings is 1. The lowest BCUT2D eigenvalue weighted by Crippen LogP contribution is -2.31. The van der Waals surface area contributed by atoms with Crippen molar-refractivity contribution in [3.05, 3.63) is 53.3 Å². The Balaban J connectivity index is 0.00000144. The van der Waals surface area contributed by atoms with E-state index in [0.717, 1.165) is 6.42 Å². The molecule has 0 saturated carbocycles. The molecule has 1 aromatic heterocycles. The summed E-state index contributed by atoms with van der Waals surface area (Å²) in [5, 5.41) is 0.395. The maximum absolute atomic E-state index is 12.4. The first-order valence-electron chi connectivity index (χ1n) is 7.06. The van der Waals surface area contributed by atoms with Crippen molar-refractivity contribution in [1.82, 2.24) is 9.88 Å². The van der Waals surface area contributed by atoms with E-state index < -0.39 is 0 Å². The lowest BCUT2D eigenvalue weighted by atomic mass is 10.2. The molecule has 1 amide bonds. The minimum absolute atomic E-state index is 0. The minimum Gasteiger partial charge on any atom is -0.456 e. The summed E-state index contributed by atoms with van der Waals surface area (Å²) in [6, 6.07) is 8.58. The van der Waals surface area contributed by atoms with E-state index in [1.165, 1.54) is 0 Å². The summed E-state index contributed by atoms with van der Waals surface area (Å²) in [4.78, 5) is 18.1. The number of hydrogen-bond donors (Lipinski definition) is 1. The van der Waals surface area contributed by atoms with Crippen LogP contribution in [-0.4, -0.2) is 34.9 Å². The Kier molecular flexibility index (Phi) is 7.76. The number of halogens is 3. The smallest absolute Gasteiger partial charge is 0.253 e. The number of amides is 1. The number of aromatic nitrogens is 1. The first-order valence-corrected chi connectivity index (χ1v) is 7.43. The molecule has 1 saturated heterocycles. The summed E-state index contributed by atoms with van der Waals surface area (Å²) >= 11 is 6.22. The third-order valence-electron chi connectivity index (χ3n) is 3.57. The molecule has 1 atom stereocenters. The largest absolute Gasteiger partial charge is 0.456 e. The topological polar surface area (TPSA) is 68.5 Å². The molecule has 8 heteroatoms. The minimum atomic E-state index is -0.0506. The van der Waals surface area contributed by atoms with Crippen molar-refractivity contribution in [2.45, 2.75) is 12.5 Å². The molecule has 0 unspecified atom stereocenters. The van der Waals surface area contributed by atoms with Crippen molar-refractivity contribution >= 4 is 42.3 Å². The first-order chi connectivity index (χ1) is 10.6. The van der Waals surface area contributed by atoms with Gasteiger partial charge < -0.3 is 15.4 Å². The molecule has 1 aliphatic rings. The summed E-state index contributed by atoms with van der Waals surface area (Å²) in [5.41, 5.74) is 6.38. The van der Waals surface area contributed by atoms with Crippen LogP contribution in [0.3, 0.4) is 0 Å². The highest BCUT2D eigenvalue weighted by Crippen LogP contribution is 2.30. The molecule has 2 heterocycles. The Morgan fingerprint density at radius 3 is 2.54 bits per heavy atom. The van der Waals surface area contributed by atoms with E-state index >= 15 is 0 Å². The van der Waals surface area contributed by atoms with Crippen LogP contribution in [0.4, 0.5) is 0 Å². The highest BCUT2D eigenvalue weighted by Gasteiger charge is 2.24. The summed E-state index contributed by atoms with van der Waals surface area (Å²) in [6.45, 7) is 1.28. The van der Waals surface area contributed by atoms with Gasteiger partial charge in [-0.2, -0.15) is 0 Å². The maximum atomic E-state index is 12.4. The monoisotopic (exact) mass is 389 g/mol. The molecule has 3 rings (SSSR count). The van der Waals surface area contributed by atoms with Crippen LogP contribution < -0.4 is 10.5 Å². The first kappa shape index (κ1) is 20.5. The van der Waals surface area contributed by atoms with Crippen LogP contribution in [0, 0.1) is 0 Å². The summed E-state index contributed by atoms with van der Waals surface area (Å²) in [6.07, 6.45) is 4.11. The van der Waals surface area contributed by atoms with Crippen LogP contribution in [0.1, 0.15) is 16.8 Å². The second kappa shape index (κ2) is 9.08. The highest BCUT2D eigenvalue weighted by atomic mass is 35.5. The van der Waals surface area contributed by atoms with E-state index in [0.29, 0.717) is 35.2 Å². The molecule has 1 aliphatic heterocycles. The molecule has 1 aromatic carbocycles. The van der Waals surface area contributed by atoms with Gasteiger partial charge in [-0.1, -0.05) is 11.6 Å². The third-order valence-corrected chi connectivity index (χ3v) is 3.86.